The summed E-state index contributed by atoms with van der Waals surface area (Å²) in [6.07, 6.45) is -5.41. The van der Waals surface area contributed by atoms with Crippen molar-refractivity contribution in [2.45, 2.75) is 26.4 Å². The van der Waals surface area contributed by atoms with E-state index in [4.69, 9.17) is 0 Å². The number of nitrogens with zero attached hydrogens (tertiary/aromatic N) is 1. The van der Waals surface area contributed by atoms with Gasteiger partial charge in [-0.3, -0.25) is 4.79 Å². The van der Waals surface area contributed by atoms with Gasteiger partial charge in [-0.25, -0.2) is 9.37 Å². The number of halogens is 5. The molecule has 0 atom stereocenters. The van der Waals surface area contributed by atoms with Gasteiger partial charge in [-0.05, 0) is 35.6 Å². The number of esters is 1. The third kappa shape index (κ3) is 5.10. The van der Waals surface area contributed by atoms with Gasteiger partial charge in [-0.15, -0.1) is 13.2 Å². The van der Waals surface area contributed by atoms with Crippen molar-refractivity contribution in [1.29, 1.82) is 0 Å². The fraction of sp³-hybridized carbons (Fsp3) is 0.455. The molecule has 9 heteroatoms. The highest BCUT2D eigenvalue weighted by molar-refractivity contribution is 14.1. The average molecular weight is 407 g/mol. The number of carbonyl (C=O) groups is 1. The van der Waals surface area contributed by atoms with Crippen LogP contribution in [0, 0.1) is 3.57 Å². The molecule has 0 radical (unpaired) electrons. The second-order valence-corrected chi connectivity index (χ2v) is 4.71. The molecule has 0 aliphatic rings. The Morgan fingerprint density at radius 3 is 2.60 bits per heavy atom. The van der Waals surface area contributed by atoms with Crippen LogP contribution in [0.2, 0.25) is 0 Å². The van der Waals surface area contributed by atoms with Crippen molar-refractivity contribution < 1.29 is 31.8 Å². The third-order valence-electron chi connectivity index (χ3n) is 2.07. The lowest BCUT2D eigenvalue weighted by atomic mass is 10.2. The summed E-state index contributed by atoms with van der Waals surface area (Å²) >= 11 is 1.72. The fourth-order valence-corrected chi connectivity index (χ4v) is 1.97. The summed E-state index contributed by atoms with van der Waals surface area (Å²) in [6.45, 7) is 0.632. The number of alkyl halides is 4. The molecule has 0 amide bonds. The van der Waals surface area contributed by atoms with Gasteiger partial charge >= 0.3 is 12.3 Å². The second-order valence-electron chi connectivity index (χ2n) is 3.54. The smallest absolute Gasteiger partial charge is 0.466 e. The van der Waals surface area contributed by atoms with E-state index in [0.717, 1.165) is 0 Å². The van der Waals surface area contributed by atoms with Crippen LogP contribution in [0.4, 0.5) is 17.6 Å². The van der Waals surface area contributed by atoms with Crippen LogP contribution in [0.25, 0.3) is 0 Å². The normalized spacial score (nSPS) is 11.3. The van der Waals surface area contributed by atoms with Gasteiger partial charge in [0.2, 0.25) is 5.88 Å². The molecule has 1 rings (SSSR count). The Labute approximate surface area is 125 Å². The molecule has 0 spiro atoms. The van der Waals surface area contributed by atoms with Crippen molar-refractivity contribution >= 4 is 28.6 Å². The Hall–Kier alpha value is -1.13. The molecule has 0 aromatic carbocycles. The Bertz CT molecular complexity index is 493. The third-order valence-corrected chi connectivity index (χ3v) is 3.00. The predicted molar refractivity (Wildman–Crippen MR) is 68.8 cm³/mol. The van der Waals surface area contributed by atoms with Crippen LogP contribution >= 0.6 is 22.6 Å². The molecule has 1 heterocycles. The lowest BCUT2D eigenvalue weighted by Gasteiger charge is -2.13. The van der Waals surface area contributed by atoms with Gasteiger partial charge in [0.15, 0.2) is 0 Å². The van der Waals surface area contributed by atoms with E-state index in [1.54, 1.807) is 29.5 Å². The molecule has 0 aliphatic carbocycles. The monoisotopic (exact) mass is 407 g/mol. The molecule has 0 fully saturated rings. The number of aromatic nitrogens is 1. The molecule has 1 aromatic heterocycles. The van der Waals surface area contributed by atoms with Crippen LogP contribution in [-0.2, 0) is 22.6 Å². The summed E-state index contributed by atoms with van der Waals surface area (Å²) in [6, 6.07) is 1.22. The van der Waals surface area contributed by atoms with Crippen molar-refractivity contribution in [2.75, 3.05) is 6.61 Å². The van der Waals surface area contributed by atoms with Gasteiger partial charge in [-0.2, -0.15) is 0 Å². The first-order valence-corrected chi connectivity index (χ1v) is 6.50. The number of carbonyl (C=O) groups excluding carboxylic acids is 1. The highest BCUT2D eigenvalue weighted by atomic mass is 127. The number of ether oxygens (including phenoxy) is 2. The maximum absolute atomic E-state index is 12.6. The van der Waals surface area contributed by atoms with Crippen LogP contribution < -0.4 is 4.74 Å². The standard InChI is InChI=1S/C11H10F4INO3/c1-2-19-9(18)4-6-3-7(16)8(5-12)17-10(6)20-11(13,14)15/h3H,2,4-5H2,1H3. The minimum Gasteiger partial charge on any atom is -0.466 e. The lowest BCUT2D eigenvalue weighted by molar-refractivity contribution is -0.276. The largest absolute Gasteiger partial charge is 0.574 e. The van der Waals surface area contributed by atoms with Crippen molar-refractivity contribution in [3.05, 3.63) is 20.9 Å². The summed E-state index contributed by atoms with van der Waals surface area (Å²) in [5.74, 6) is -1.55. The average Bonchev–Trinajstić information content (AvgIpc) is 2.31. The maximum Gasteiger partial charge on any atom is 0.574 e. The van der Waals surface area contributed by atoms with E-state index in [2.05, 4.69) is 14.5 Å². The molecular weight excluding hydrogens is 397 g/mol. The van der Waals surface area contributed by atoms with E-state index in [-0.39, 0.29) is 17.9 Å². The highest BCUT2D eigenvalue weighted by Crippen LogP contribution is 2.28. The zero-order valence-corrected chi connectivity index (χ0v) is 12.4. The molecule has 0 N–H and O–H groups in total. The van der Waals surface area contributed by atoms with Crippen LogP contribution in [0.15, 0.2) is 6.07 Å². The van der Waals surface area contributed by atoms with Crippen molar-refractivity contribution in [2.24, 2.45) is 0 Å². The highest BCUT2D eigenvalue weighted by Gasteiger charge is 2.33. The van der Waals surface area contributed by atoms with Gasteiger partial charge < -0.3 is 9.47 Å². The van der Waals surface area contributed by atoms with Crippen molar-refractivity contribution in [1.82, 2.24) is 4.98 Å². The van der Waals surface area contributed by atoms with Crippen LogP contribution in [0.3, 0.4) is 0 Å². The zero-order chi connectivity index (χ0) is 15.3. The molecule has 0 saturated heterocycles. The number of hydrogen-bond acceptors (Lipinski definition) is 4. The minimum absolute atomic E-state index is 0.0986. The molecule has 20 heavy (non-hydrogen) atoms. The minimum atomic E-state index is -4.98. The van der Waals surface area contributed by atoms with E-state index in [1.165, 1.54) is 6.07 Å². The lowest BCUT2D eigenvalue weighted by Crippen LogP contribution is -2.20. The molecule has 0 bridgehead atoms. The maximum atomic E-state index is 12.6. The van der Waals surface area contributed by atoms with Gasteiger partial charge in [0, 0.05) is 9.13 Å². The summed E-state index contributed by atoms with van der Waals surface area (Å²) in [5, 5.41) is 0. The van der Waals surface area contributed by atoms with E-state index < -0.39 is 31.3 Å². The molecule has 1 aromatic rings. The van der Waals surface area contributed by atoms with Gasteiger partial charge in [0.05, 0.1) is 18.7 Å². The molecule has 0 unspecified atom stereocenters. The van der Waals surface area contributed by atoms with Gasteiger partial charge in [0.25, 0.3) is 0 Å². The van der Waals surface area contributed by atoms with E-state index in [9.17, 15) is 22.4 Å². The van der Waals surface area contributed by atoms with Crippen molar-refractivity contribution in [3.8, 4) is 5.88 Å². The summed E-state index contributed by atoms with van der Waals surface area (Å²) in [4.78, 5) is 14.8. The number of pyridine rings is 1. The van der Waals surface area contributed by atoms with E-state index >= 15 is 0 Å². The Morgan fingerprint density at radius 2 is 2.10 bits per heavy atom. The summed E-state index contributed by atoms with van der Waals surface area (Å²) < 4.78 is 58.1. The fourth-order valence-electron chi connectivity index (χ4n) is 1.33. The van der Waals surface area contributed by atoms with Gasteiger partial charge in [0.1, 0.15) is 6.67 Å². The SMILES string of the molecule is CCOC(=O)Cc1cc(I)c(CF)nc1OC(F)(F)F. The Balaban J connectivity index is 3.12. The van der Waals surface area contributed by atoms with E-state index in [1.807, 2.05) is 0 Å². The van der Waals surface area contributed by atoms with Gasteiger partial charge in [-0.1, -0.05) is 0 Å². The summed E-state index contributed by atoms with van der Waals surface area (Å²) in [5.41, 5.74) is -0.292. The topological polar surface area (TPSA) is 48.4 Å². The first-order chi connectivity index (χ1) is 9.26. The number of hydrogen-bond donors (Lipinski definition) is 0. The first kappa shape index (κ1) is 16.9. The summed E-state index contributed by atoms with van der Waals surface area (Å²) in [7, 11) is 0. The predicted octanol–water partition coefficient (Wildman–Crippen LogP) is 3.16. The second kappa shape index (κ2) is 7.04. The van der Waals surface area contributed by atoms with Crippen molar-refractivity contribution in [3.63, 3.8) is 0 Å². The molecular formula is C11H10F4INO3. The van der Waals surface area contributed by atoms with E-state index in [0.29, 0.717) is 3.57 Å². The molecule has 0 saturated carbocycles. The Morgan fingerprint density at radius 1 is 1.45 bits per heavy atom. The Kier molecular flexibility index (Phi) is 5.96. The quantitative estimate of drug-likeness (QED) is 0.428. The first-order valence-electron chi connectivity index (χ1n) is 5.42. The van der Waals surface area contributed by atoms with Crippen LogP contribution in [-0.4, -0.2) is 23.9 Å². The van der Waals surface area contributed by atoms with Crippen LogP contribution in [0.5, 0.6) is 5.88 Å². The number of rotatable bonds is 5. The molecule has 0 aliphatic heterocycles. The zero-order valence-electron chi connectivity index (χ0n) is 10.3. The molecule has 112 valence electrons. The molecule has 4 nitrogen and oxygen atoms in total. The van der Waals surface area contributed by atoms with Crippen LogP contribution in [0.1, 0.15) is 18.2 Å².